The Balaban J connectivity index is 2.06. The molecule has 4 nitrogen and oxygen atoms in total. The van der Waals surface area contributed by atoms with Crippen molar-refractivity contribution in [2.24, 2.45) is 0 Å². The molecule has 0 saturated carbocycles. The molecule has 0 saturated heterocycles. The van der Waals surface area contributed by atoms with E-state index in [1.165, 1.54) is 0 Å². The van der Waals surface area contributed by atoms with Crippen molar-refractivity contribution < 1.29 is 5.11 Å². The molecule has 2 aromatic heterocycles. The fourth-order valence-corrected chi connectivity index (χ4v) is 2.01. The molecule has 2 unspecified atom stereocenters. The second kappa shape index (κ2) is 5.97. The Morgan fingerprint density at radius 3 is 2.84 bits per heavy atom. The first kappa shape index (κ1) is 13.7. The topological polar surface area (TPSA) is 50.9 Å². The van der Waals surface area contributed by atoms with Crippen LogP contribution in [0.1, 0.15) is 49.4 Å². The lowest BCUT2D eigenvalue weighted by Gasteiger charge is -2.11. The molecule has 0 fully saturated rings. The van der Waals surface area contributed by atoms with Crippen molar-refractivity contribution in [3.63, 3.8) is 0 Å². The molecule has 0 aliphatic heterocycles. The zero-order valence-electron chi connectivity index (χ0n) is 11.7. The highest BCUT2D eigenvalue weighted by molar-refractivity contribution is 5.19. The van der Waals surface area contributed by atoms with Gasteiger partial charge in [0, 0.05) is 30.6 Å². The Morgan fingerprint density at radius 1 is 1.37 bits per heavy atom. The van der Waals surface area contributed by atoms with Crippen LogP contribution in [0, 0.1) is 6.92 Å². The van der Waals surface area contributed by atoms with E-state index < -0.39 is 6.10 Å². The number of hydrogen-bond donors (Lipinski definition) is 1. The number of rotatable bonds is 5. The molecule has 0 aromatic carbocycles. The average Bonchev–Trinajstić information content (AvgIpc) is 2.86. The third-order valence-electron chi connectivity index (χ3n) is 3.41. The van der Waals surface area contributed by atoms with Crippen LogP contribution in [0.25, 0.3) is 0 Å². The van der Waals surface area contributed by atoms with Crippen LogP contribution in [0.5, 0.6) is 0 Å². The van der Waals surface area contributed by atoms with Gasteiger partial charge in [0.1, 0.15) is 0 Å². The number of aryl methyl sites for hydroxylation is 1. The molecule has 2 aromatic rings. The standard InChI is InChI=1S/C15H21N3O/c1-4-12(3)18-8-6-14(17-18)10-15(19)13-5-7-16-11(2)9-13/h5-9,12,15,19H,4,10H2,1-3H3. The van der Waals surface area contributed by atoms with E-state index in [2.05, 4.69) is 23.9 Å². The summed E-state index contributed by atoms with van der Waals surface area (Å²) in [7, 11) is 0. The van der Waals surface area contributed by atoms with Crippen LogP contribution in [-0.2, 0) is 6.42 Å². The lowest BCUT2D eigenvalue weighted by molar-refractivity contribution is 0.176. The van der Waals surface area contributed by atoms with Crippen LogP contribution < -0.4 is 0 Å². The monoisotopic (exact) mass is 259 g/mol. The number of hydrogen-bond acceptors (Lipinski definition) is 3. The molecule has 2 rings (SSSR count). The second-order valence-electron chi connectivity index (χ2n) is 4.99. The minimum Gasteiger partial charge on any atom is -0.388 e. The molecule has 2 atom stereocenters. The lowest BCUT2D eigenvalue weighted by Crippen LogP contribution is -2.07. The van der Waals surface area contributed by atoms with Crippen molar-refractivity contribution >= 4 is 0 Å². The highest BCUT2D eigenvalue weighted by Crippen LogP contribution is 2.18. The van der Waals surface area contributed by atoms with Crippen LogP contribution in [0.2, 0.25) is 0 Å². The Kier molecular flexibility index (Phi) is 4.32. The Labute approximate surface area is 114 Å². The summed E-state index contributed by atoms with van der Waals surface area (Å²) in [6.45, 7) is 6.20. The highest BCUT2D eigenvalue weighted by Gasteiger charge is 2.12. The predicted molar refractivity (Wildman–Crippen MR) is 74.9 cm³/mol. The molecule has 0 radical (unpaired) electrons. The molecule has 0 amide bonds. The summed E-state index contributed by atoms with van der Waals surface area (Å²) in [5.74, 6) is 0. The summed E-state index contributed by atoms with van der Waals surface area (Å²) < 4.78 is 1.96. The summed E-state index contributed by atoms with van der Waals surface area (Å²) >= 11 is 0. The minimum absolute atomic E-state index is 0.397. The Morgan fingerprint density at radius 2 is 2.16 bits per heavy atom. The van der Waals surface area contributed by atoms with Crippen LogP contribution in [-0.4, -0.2) is 19.9 Å². The quantitative estimate of drug-likeness (QED) is 0.898. The third kappa shape index (κ3) is 3.41. The van der Waals surface area contributed by atoms with E-state index >= 15 is 0 Å². The van der Waals surface area contributed by atoms with Gasteiger partial charge in [-0.2, -0.15) is 5.10 Å². The number of aliphatic hydroxyl groups is 1. The Bertz CT molecular complexity index is 536. The minimum atomic E-state index is -0.526. The van der Waals surface area contributed by atoms with Crippen LogP contribution >= 0.6 is 0 Å². The molecule has 1 N–H and O–H groups in total. The van der Waals surface area contributed by atoms with Gasteiger partial charge in [-0.15, -0.1) is 0 Å². The number of aromatic nitrogens is 3. The number of nitrogens with zero attached hydrogens (tertiary/aromatic N) is 3. The van der Waals surface area contributed by atoms with Crippen LogP contribution in [0.4, 0.5) is 0 Å². The molecule has 0 aliphatic carbocycles. The molecule has 0 aliphatic rings. The number of pyridine rings is 1. The van der Waals surface area contributed by atoms with Crippen molar-refractivity contribution in [1.82, 2.24) is 14.8 Å². The summed E-state index contributed by atoms with van der Waals surface area (Å²) in [4.78, 5) is 4.14. The summed E-state index contributed by atoms with van der Waals surface area (Å²) in [6, 6.07) is 6.14. The molecule has 102 valence electrons. The lowest BCUT2D eigenvalue weighted by atomic mass is 10.1. The Hall–Kier alpha value is -1.68. The molecule has 4 heteroatoms. The zero-order chi connectivity index (χ0) is 13.8. The number of aliphatic hydroxyl groups excluding tert-OH is 1. The normalized spacial score (nSPS) is 14.3. The van der Waals surface area contributed by atoms with Gasteiger partial charge in [-0.05, 0) is 44.0 Å². The first-order valence-corrected chi connectivity index (χ1v) is 6.74. The van der Waals surface area contributed by atoms with E-state index in [0.717, 1.165) is 23.4 Å². The van der Waals surface area contributed by atoms with Gasteiger partial charge in [-0.1, -0.05) is 6.92 Å². The maximum Gasteiger partial charge on any atom is 0.0847 e. The predicted octanol–water partition coefficient (Wildman–Crippen LogP) is 2.83. The first-order valence-electron chi connectivity index (χ1n) is 6.74. The molecular formula is C15H21N3O. The van der Waals surface area contributed by atoms with Crippen molar-refractivity contribution in [3.05, 3.63) is 47.5 Å². The van der Waals surface area contributed by atoms with Gasteiger partial charge in [-0.3, -0.25) is 9.67 Å². The van der Waals surface area contributed by atoms with Crippen LogP contribution in [0.15, 0.2) is 30.6 Å². The van der Waals surface area contributed by atoms with Crippen molar-refractivity contribution in [2.45, 2.75) is 45.8 Å². The van der Waals surface area contributed by atoms with Crippen molar-refractivity contribution in [2.75, 3.05) is 0 Å². The molecule has 0 bridgehead atoms. The van der Waals surface area contributed by atoms with E-state index in [0.29, 0.717) is 12.5 Å². The van der Waals surface area contributed by atoms with Gasteiger partial charge < -0.3 is 5.11 Å². The van der Waals surface area contributed by atoms with Gasteiger partial charge in [-0.25, -0.2) is 0 Å². The zero-order valence-corrected chi connectivity index (χ0v) is 11.7. The smallest absolute Gasteiger partial charge is 0.0847 e. The van der Waals surface area contributed by atoms with E-state index in [-0.39, 0.29) is 0 Å². The summed E-state index contributed by atoms with van der Waals surface area (Å²) in [5.41, 5.74) is 2.73. The largest absolute Gasteiger partial charge is 0.388 e. The van der Waals surface area contributed by atoms with Crippen molar-refractivity contribution in [3.8, 4) is 0 Å². The molecular weight excluding hydrogens is 238 g/mol. The van der Waals surface area contributed by atoms with Gasteiger partial charge in [0.05, 0.1) is 11.8 Å². The highest BCUT2D eigenvalue weighted by atomic mass is 16.3. The summed E-state index contributed by atoms with van der Waals surface area (Å²) in [6.07, 6.45) is 4.77. The van der Waals surface area contributed by atoms with E-state index in [1.807, 2.05) is 36.0 Å². The first-order chi connectivity index (χ1) is 9.10. The fraction of sp³-hybridized carbons (Fsp3) is 0.467. The van der Waals surface area contributed by atoms with Gasteiger partial charge in [0.2, 0.25) is 0 Å². The van der Waals surface area contributed by atoms with Gasteiger partial charge in [0.15, 0.2) is 0 Å². The van der Waals surface area contributed by atoms with Crippen LogP contribution in [0.3, 0.4) is 0 Å². The third-order valence-corrected chi connectivity index (χ3v) is 3.41. The SMILES string of the molecule is CCC(C)n1ccc(CC(O)c2ccnc(C)c2)n1. The molecule has 0 spiro atoms. The van der Waals surface area contributed by atoms with Crippen molar-refractivity contribution in [1.29, 1.82) is 0 Å². The van der Waals surface area contributed by atoms with E-state index in [9.17, 15) is 5.11 Å². The average molecular weight is 259 g/mol. The fourth-order valence-electron chi connectivity index (χ4n) is 2.01. The van der Waals surface area contributed by atoms with Gasteiger partial charge >= 0.3 is 0 Å². The van der Waals surface area contributed by atoms with Gasteiger partial charge in [0.25, 0.3) is 0 Å². The molecule has 19 heavy (non-hydrogen) atoms. The maximum absolute atomic E-state index is 10.2. The summed E-state index contributed by atoms with van der Waals surface area (Å²) in [5, 5.41) is 14.7. The second-order valence-corrected chi connectivity index (χ2v) is 4.99. The van der Waals surface area contributed by atoms with E-state index in [1.54, 1.807) is 6.20 Å². The van der Waals surface area contributed by atoms with E-state index in [4.69, 9.17) is 0 Å². The maximum atomic E-state index is 10.2. The molecule has 2 heterocycles.